The van der Waals surface area contributed by atoms with E-state index in [9.17, 15) is 70.6 Å². The van der Waals surface area contributed by atoms with Crippen molar-refractivity contribution >= 4 is 23.9 Å². The van der Waals surface area contributed by atoms with Crippen molar-refractivity contribution in [2.45, 2.75) is 224 Å². The summed E-state index contributed by atoms with van der Waals surface area (Å²) in [6.45, 7) is 13.0. The van der Waals surface area contributed by atoms with Crippen LogP contribution in [0.2, 0.25) is 0 Å². The van der Waals surface area contributed by atoms with Crippen molar-refractivity contribution in [2.24, 2.45) is 40.3 Å². The molecule has 0 spiro atoms. The minimum Gasteiger partial charge on any atom is -0.481 e. The highest BCUT2D eigenvalue weighted by atomic mass is 16.7. The highest BCUT2D eigenvalue weighted by Gasteiger charge is 2.50. The van der Waals surface area contributed by atoms with Crippen LogP contribution in [0.15, 0.2) is 64.7 Å². The van der Waals surface area contributed by atoms with E-state index in [4.69, 9.17) is 19.9 Å². The minimum absolute atomic E-state index is 0.0643. The number of carboxylic acid groups (broad SMARTS) is 1. The third-order valence-corrected chi connectivity index (χ3v) is 14.8. The van der Waals surface area contributed by atoms with Crippen LogP contribution in [0.3, 0.4) is 0 Å². The molecule has 0 aromatic rings. The Morgan fingerprint density at radius 3 is 2.11 bits per heavy atom. The summed E-state index contributed by atoms with van der Waals surface area (Å²) in [4.78, 5) is 41.4. The summed E-state index contributed by atoms with van der Waals surface area (Å²) in [5.74, 6) is -7.41. The molecule has 1 saturated heterocycles. The van der Waals surface area contributed by atoms with E-state index >= 15 is 0 Å². The molecule has 0 aromatic heterocycles. The summed E-state index contributed by atoms with van der Waals surface area (Å²) in [5, 5.41) is 123. The Kier molecular flexibility index (Phi) is 31.1. The summed E-state index contributed by atoms with van der Waals surface area (Å²) in [7, 11) is 1.62. The molecular weight excluding hydrogens is 987 g/mol. The van der Waals surface area contributed by atoms with Crippen LogP contribution in [0.25, 0.3) is 0 Å². The number of hydrogen-bond acceptors (Lipinski definition) is 17. The number of aliphatic imine (C=N–C) groups is 1. The van der Waals surface area contributed by atoms with E-state index in [1.807, 2.05) is 19.9 Å². The Morgan fingerprint density at radius 2 is 1.45 bits per heavy atom. The number of guanidine groups is 1. The fraction of sp³-hybridized carbons (Fsp3) is 0.750. The van der Waals surface area contributed by atoms with Crippen molar-refractivity contribution < 1.29 is 84.8 Å². The summed E-state index contributed by atoms with van der Waals surface area (Å²) >= 11 is 0. The number of unbranched alkanes of at least 4 members (excludes halogenated alkanes) is 2. The summed E-state index contributed by atoms with van der Waals surface area (Å²) in [5.41, 5.74) is 6.49. The zero-order chi connectivity index (χ0) is 57.3. The van der Waals surface area contributed by atoms with E-state index in [1.54, 1.807) is 72.0 Å². The Balaban J connectivity index is 2.43. The molecule has 0 unspecified atom stereocenters. The number of aliphatic hydroxyl groups is 10. The van der Waals surface area contributed by atoms with Crippen molar-refractivity contribution in [1.29, 1.82) is 0 Å². The molecule has 20 nitrogen and oxygen atoms in total. The first-order valence-corrected chi connectivity index (χ1v) is 27.1. The van der Waals surface area contributed by atoms with Gasteiger partial charge >= 0.3 is 17.9 Å². The second-order valence-electron chi connectivity index (χ2n) is 21.6. The Hall–Kier alpha value is -4.06. The number of ether oxygens (including phenoxy) is 3. The number of carbonyl (C=O) groups excluding carboxylic acids is 2. The van der Waals surface area contributed by atoms with Gasteiger partial charge in [-0.2, -0.15) is 0 Å². The van der Waals surface area contributed by atoms with Gasteiger partial charge in [-0.1, -0.05) is 83.2 Å². The lowest BCUT2D eigenvalue weighted by Crippen LogP contribution is -2.60. The van der Waals surface area contributed by atoms with Crippen LogP contribution in [0, 0.1) is 29.6 Å². The highest BCUT2D eigenvalue weighted by molar-refractivity contribution is 5.90. The molecule has 2 heterocycles. The second-order valence-corrected chi connectivity index (χ2v) is 21.6. The van der Waals surface area contributed by atoms with Crippen molar-refractivity contribution in [1.82, 2.24) is 5.32 Å². The van der Waals surface area contributed by atoms with E-state index in [2.05, 4.69) is 22.5 Å². The lowest BCUT2D eigenvalue weighted by atomic mass is 9.84. The highest BCUT2D eigenvalue weighted by Crippen LogP contribution is 2.36. The zero-order valence-electron chi connectivity index (χ0n) is 46.1. The van der Waals surface area contributed by atoms with E-state index in [0.717, 1.165) is 32.1 Å². The molecule has 2 rings (SSSR count). The molecule has 2 bridgehead atoms. The number of nitrogens with one attached hydrogen (secondary N) is 1. The Bertz CT molecular complexity index is 1930. The molecule has 18 atom stereocenters. The number of nitrogens with zero attached hydrogens (tertiary/aromatic N) is 1. The van der Waals surface area contributed by atoms with Gasteiger partial charge in [-0.3, -0.25) is 14.6 Å². The SMILES string of the molecule is CN=C(N)NCCC/C=C/CCC[C@H](C)[C@@H]1OC(=O)/C(C)=C\C=C/[C@@H](C)[C@@H](O)C[C@H](O)[C@H](C)[C@@H](O)CC[C@H](C)[C@@H](O)C[C@@]2(O)O[C@H](C[C@@H](OC(=O)CC(=O)O)C[C@H](O)C[C@@H](O)C[C@@H](O)/C(C)=C\C=C/[C@@H]1C)C[C@@H](O)[C@H]2O. The number of carboxylic acids is 1. The average Bonchev–Trinajstić information content (AvgIpc) is 3.34. The van der Waals surface area contributed by atoms with Crippen LogP contribution in [-0.4, -0.2) is 173 Å². The van der Waals surface area contributed by atoms with Gasteiger partial charge in [0.15, 0.2) is 11.7 Å². The smallest absolute Gasteiger partial charge is 0.334 e. The molecule has 0 saturated carbocycles. The third-order valence-electron chi connectivity index (χ3n) is 14.8. The first kappa shape index (κ1) is 68.0. The zero-order valence-corrected chi connectivity index (χ0v) is 46.1. The van der Waals surface area contributed by atoms with Gasteiger partial charge in [0.2, 0.25) is 0 Å². The molecule has 20 heteroatoms. The fourth-order valence-corrected chi connectivity index (χ4v) is 9.44. The van der Waals surface area contributed by atoms with E-state index in [0.29, 0.717) is 23.7 Å². The van der Waals surface area contributed by atoms with Gasteiger partial charge in [0, 0.05) is 75.4 Å². The molecule has 436 valence electrons. The van der Waals surface area contributed by atoms with Crippen LogP contribution >= 0.6 is 0 Å². The molecule has 0 radical (unpaired) electrons. The van der Waals surface area contributed by atoms with Crippen LogP contribution in [-0.2, 0) is 28.6 Å². The monoisotopic (exact) mass is 1080 g/mol. The van der Waals surface area contributed by atoms with Gasteiger partial charge in [-0.25, -0.2) is 4.79 Å². The maximum atomic E-state index is 13.6. The van der Waals surface area contributed by atoms with Gasteiger partial charge < -0.3 is 81.4 Å². The molecule has 0 aromatic carbocycles. The standard InChI is InChI=1S/C56H95N3O17/c1-33-18-15-20-37(5)52(36(4)17-13-11-9-10-12-14-24-59-55(57)58-8)75-54(72)38(6)21-16-19-34(2)46(64)30-47(65)39(7)44(62)23-22-35(3)49(67)32-56(73)53(71)48(66)29-43(76-56)28-42(74-51(70)31-50(68)69)26-40(60)25-41(61)27-45(33)63/h9-10,15-16,18-21,34-37,39-49,52-53,60-67,71,73H,11-14,17,22-32H2,1-8H3,(H,68,69)(H3,57,58,59)/b10-9+,19-16-,20-15-,33-18-,38-21-/t34-,35+,36+,37+,39-,40-,41-,42+,43-,44+,45-,46+,47+,48-,49+,52+,53-,56-/m1/s1. The minimum atomic E-state index is -2.52. The first-order valence-electron chi connectivity index (χ1n) is 27.1. The van der Waals surface area contributed by atoms with E-state index in [1.165, 1.54) is 0 Å². The molecular formula is C56H95N3O17. The normalized spacial score (nSPS) is 38.0. The molecule has 14 N–H and O–H groups in total. The van der Waals surface area contributed by atoms with Crippen molar-refractivity contribution in [2.75, 3.05) is 13.6 Å². The number of aliphatic carboxylic acids is 1. The number of esters is 2. The summed E-state index contributed by atoms with van der Waals surface area (Å²) in [6, 6.07) is 0. The van der Waals surface area contributed by atoms with E-state index < -0.39 is 128 Å². The van der Waals surface area contributed by atoms with Gasteiger partial charge in [-0.05, 0) is 82.6 Å². The molecule has 2 aliphatic heterocycles. The van der Waals surface area contributed by atoms with Crippen LogP contribution < -0.4 is 11.1 Å². The number of carbonyl (C=O) groups is 3. The maximum Gasteiger partial charge on any atom is 0.334 e. The largest absolute Gasteiger partial charge is 0.481 e. The summed E-state index contributed by atoms with van der Waals surface area (Å²) < 4.78 is 17.5. The Labute approximate surface area is 450 Å². The number of nitrogens with two attached hydrogens (primary N) is 1. The third kappa shape index (κ3) is 25.2. The number of cyclic esters (lactones) is 1. The molecule has 0 amide bonds. The topological polar surface area (TPSA) is 352 Å². The molecule has 0 aliphatic carbocycles. The average molecular weight is 1080 g/mol. The van der Waals surface area contributed by atoms with Crippen molar-refractivity contribution in [3.63, 3.8) is 0 Å². The van der Waals surface area contributed by atoms with Crippen molar-refractivity contribution in [3.8, 4) is 0 Å². The van der Waals surface area contributed by atoms with Crippen LogP contribution in [0.1, 0.15) is 145 Å². The van der Waals surface area contributed by atoms with Gasteiger partial charge in [0.05, 0.1) is 54.9 Å². The van der Waals surface area contributed by atoms with Crippen LogP contribution in [0.4, 0.5) is 0 Å². The maximum absolute atomic E-state index is 13.6. The first-order chi connectivity index (χ1) is 35.7. The lowest BCUT2D eigenvalue weighted by Gasteiger charge is -2.45. The number of hydrogen-bond donors (Lipinski definition) is 13. The second kappa shape index (κ2) is 34.7. The van der Waals surface area contributed by atoms with Gasteiger partial charge in [0.25, 0.3) is 0 Å². The fourth-order valence-electron chi connectivity index (χ4n) is 9.44. The number of rotatable bonds is 12. The van der Waals surface area contributed by atoms with Gasteiger partial charge in [0.1, 0.15) is 24.7 Å². The Morgan fingerprint density at radius 1 is 0.816 bits per heavy atom. The van der Waals surface area contributed by atoms with E-state index in [-0.39, 0.29) is 63.2 Å². The number of aliphatic hydroxyl groups excluding tert-OH is 9. The molecule has 76 heavy (non-hydrogen) atoms. The quantitative estimate of drug-likeness (QED) is 0.0333. The van der Waals surface area contributed by atoms with Crippen LogP contribution in [0.5, 0.6) is 0 Å². The van der Waals surface area contributed by atoms with Crippen molar-refractivity contribution in [3.05, 3.63) is 59.8 Å². The predicted octanol–water partition coefficient (Wildman–Crippen LogP) is 3.37. The number of fused-ring (bicyclic) bond motifs is 2. The predicted molar refractivity (Wildman–Crippen MR) is 287 cm³/mol. The number of allylic oxidation sites excluding steroid dienone is 6. The lowest BCUT2D eigenvalue weighted by molar-refractivity contribution is -0.333. The summed E-state index contributed by atoms with van der Waals surface area (Å²) in [6.07, 6.45) is 1.04. The molecule has 2 aliphatic rings. The molecule has 1 fully saturated rings. The van der Waals surface area contributed by atoms with Gasteiger partial charge in [-0.15, -0.1) is 0 Å².